The lowest BCUT2D eigenvalue weighted by molar-refractivity contribution is -0.112. The molecule has 3 nitrogen and oxygen atoms in total. The molecule has 0 amide bonds. The third-order valence-electron chi connectivity index (χ3n) is 6.33. The van der Waals surface area contributed by atoms with Crippen LogP contribution in [0.15, 0.2) is 11.8 Å². The van der Waals surface area contributed by atoms with Gasteiger partial charge in [-0.3, -0.25) is 0 Å². The van der Waals surface area contributed by atoms with Crippen molar-refractivity contribution in [2.24, 2.45) is 23.7 Å². The number of likely N-dealkylation sites (tertiary alicyclic amines) is 1. The molecule has 1 saturated heterocycles. The zero-order valence-corrected chi connectivity index (χ0v) is 14.8. The van der Waals surface area contributed by atoms with Crippen LogP contribution in [0.2, 0.25) is 0 Å². The quantitative estimate of drug-likeness (QED) is 0.790. The molecule has 0 N–H and O–H groups in total. The molecule has 1 saturated carbocycles. The highest BCUT2D eigenvalue weighted by molar-refractivity contribution is 5.15. The van der Waals surface area contributed by atoms with E-state index in [0.717, 1.165) is 6.42 Å². The first-order chi connectivity index (χ1) is 10.7. The van der Waals surface area contributed by atoms with Crippen LogP contribution in [-0.2, 0) is 9.47 Å². The third-order valence-corrected chi connectivity index (χ3v) is 6.33. The van der Waals surface area contributed by atoms with Gasteiger partial charge in [0.2, 0.25) is 0 Å². The summed E-state index contributed by atoms with van der Waals surface area (Å²) in [5.74, 6) is 2.45. The number of allylic oxidation sites excluding steroid dienone is 1. The maximum atomic E-state index is 5.99. The van der Waals surface area contributed by atoms with Gasteiger partial charge in [-0.1, -0.05) is 19.9 Å². The number of nitrogens with zero attached hydrogens (tertiary/aromatic N) is 1. The first kappa shape index (κ1) is 16.3. The molecule has 1 aliphatic heterocycles. The number of methoxy groups -OCH3 is 2. The maximum Gasteiger partial charge on any atom is 0.0642 e. The summed E-state index contributed by atoms with van der Waals surface area (Å²) >= 11 is 0. The molecule has 2 aliphatic carbocycles. The van der Waals surface area contributed by atoms with E-state index in [-0.39, 0.29) is 0 Å². The smallest absolute Gasteiger partial charge is 0.0642 e. The van der Waals surface area contributed by atoms with Crippen LogP contribution in [0.5, 0.6) is 0 Å². The Labute approximate surface area is 136 Å². The molecule has 0 spiro atoms. The number of hydrogen-bond donors (Lipinski definition) is 0. The van der Waals surface area contributed by atoms with Gasteiger partial charge in [0, 0.05) is 38.9 Å². The molecule has 0 radical (unpaired) electrons. The summed E-state index contributed by atoms with van der Waals surface area (Å²) < 4.78 is 11.9. The first-order valence-corrected chi connectivity index (χ1v) is 9.17. The van der Waals surface area contributed by atoms with E-state index in [1.54, 1.807) is 5.70 Å². The van der Waals surface area contributed by atoms with Gasteiger partial charge in [-0.25, -0.2) is 0 Å². The molecular weight excluding hydrogens is 274 g/mol. The van der Waals surface area contributed by atoms with Crippen LogP contribution in [0.25, 0.3) is 0 Å². The zero-order valence-electron chi connectivity index (χ0n) is 14.8. The van der Waals surface area contributed by atoms with Crippen molar-refractivity contribution in [2.75, 3.05) is 27.3 Å². The van der Waals surface area contributed by atoms with Gasteiger partial charge in [0.15, 0.2) is 0 Å². The second-order valence-corrected chi connectivity index (χ2v) is 7.75. The molecule has 5 atom stereocenters. The van der Waals surface area contributed by atoms with Crippen LogP contribution < -0.4 is 0 Å². The Morgan fingerprint density at radius 2 is 1.86 bits per heavy atom. The van der Waals surface area contributed by atoms with E-state index in [9.17, 15) is 0 Å². The summed E-state index contributed by atoms with van der Waals surface area (Å²) in [7, 11) is 3.80. The normalized spacial score (nSPS) is 39.0. The fourth-order valence-corrected chi connectivity index (χ4v) is 5.10. The summed E-state index contributed by atoms with van der Waals surface area (Å²) in [6.45, 7) is 7.17. The van der Waals surface area contributed by atoms with Crippen LogP contribution in [0.4, 0.5) is 0 Å². The number of hydrogen-bond acceptors (Lipinski definition) is 3. The minimum atomic E-state index is 0.363. The van der Waals surface area contributed by atoms with Crippen molar-refractivity contribution < 1.29 is 9.47 Å². The van der Waals surface area contributed by atoms with Crippen LogP contribution in [0.1, 0.15) is 46.0 Å². The average Bonchev–Trinajstić information content (AvgIpc) is 3.06. The Morgan fingerprint density at radius 3 is 2.45 bits per heavy atom. The summed E-state index contributed by atoms with van der Waals surface area (Å²) in [5, 5.41) is 0. The molecule has 2 fully saturated rings. The highest BCUT2D eigenvalue weighted by Gasteiger charge is 2.46. The molecule has 3 heteroatoms. The molecule has 0 aromatic carbocycles. The molecule has 3 aliphatic rings. The summed E-state index contributed by atoms with van der Waals surface area (Å²) in [5.41, 5.74) is 1.58. The SMILES string of the molecule is COC1CC(C(C)C)C(OC)C2CCC(N3CCCC3)=CC12. The Balaban J connectivity index is 1.83. The van der Waals surface area contributed by atoms with Gasteiger partial charge in [-0.05, 0) is 49.9 Å². The van der Waals surface area contributed by atoms with Crippen molar-refractivity contribution in [2.45, 2.75) is 58.2 Å². The predicted molar refractivity (Wildman–Crippen MR) is 89.6 cm³/mol. The molecular formula is C19H33NO2. The van der Waals surface area contributed by atoms with E-state index in [4.69, 9.17) is 9.47 Å². The predicted octanol–water partition coefficient (Wildman–Crippen LogP) is 3.70. The first-order valence-electron chi connectivity index (χ1n) is 9.17. The number of ether oxygens (including phenoxy) is 2. The summed E-state index contributed by atoms with van der Waals surface area (Å²) in [6.07, 6.45) is 9.64. The second-order valence-electron chi connectivity index (χ2n) is 7.75. The molecule has 1 heterocycles. The van der Waals surface area contributed by atoms with Crippen molar-refractivity contribution in [1.29, 1.82) is 0 Å². The molecule has 5 unspecified atom stereocenters. The van der Waals surface area contributed by atoms with Gasteiger partial charge >= 0.3 is 0 Å². The lowest BCUT2D eigenvalue weighted by atomic mass is 9.63. The van der Waals surface area contributed by atoms with Gasteiger partial charge in [0.05, 0.1) is 12.2 Å². The van der Waals surface area contributed by atoms with E-state index in [1.807, 2.05) is 14.2 Å². The molecule has 126 valence electrons. The van der Waals surface area contributed by atoms with Crippen molar-refractivity contribution in [3.63, 3.8) is 0 Å². The van der Waals surface area contributed by atoms with E-state index >= 15 is 0 Å². The Hall–Kier alpha value is -0.540. The Morgan fingerprint density at radius 1 is 1.14 bits per heavy atom. The van der Waals surface area contributed by atoms with E-state index in [0.29, 0.717) is 35.9 Å². The molecule has 0 bridgehead atoms. The van der Waals surface area contributed by atoms with Crippen molar-refractivity contribution >= 4 is 0 Å². The third kappa shape index (κ3) is 2.94. The maximum absolute atomic E-state index is 5.99. The minimum absolute atomic E-state index is 0.363. The van der Waals surface area contributed by atoms with Gasteiger partial charge in [0.25, 0.3) is 0 Å². The highest BCUT2D eigenvalue weighted by atomic mass is 16.5. The Bertz CT molecular complexity index is 400. The highest BCUT2D eigenvalue weighted by Crippen LogP contribution is 2.46. The largest absolute Gasteiger partial charge is 0.381 e. The molecule has 3 rings (SSSR count). The van der Waals surface area contributed by atoms with Gasteiger partial charge in [-0.2, -0.15) is 0 Å². The van der Waals surface area contributed by atoms with Crippen molar-refractivity contribution in [3.8, 4) is 0 Å². The fraction of sp³-hybridized carbons (Fsp3) is 0.895. The lowest BCUT2D eigenvalue weighted by Gasteiger charge is -2.49. The monoisotopic (exact) mass is 307 g/mol. The number of fused-ring (bicyclic) bond motifs is 1. The molecule has 0 aromatic rings. The second kappa shape index (κ2) is 6.92. The van der Waals surface area contributed by atoms with Crippen molar-refractivity contribution in [1.82, 2.24) is 4.90 Å². The summed E-state index contributed by atoms with van der Waals surface area (Å²) in [6, 6.07) is 0. The van der Waals surface area contributed by atoms with Crippen LogP contribution in [-0.4, -0.2) is 44.4 Å². The number of rotatable bonds is 4. The van der Waals surface area contributed by atoms with Gasteiger partial charge < -0.3 is 14.4 Å². The molecule has 0 aromatic heterocycles. The average molecular weight is 307 g/mol. The van der Waals surface area contributed by atoms with Crippen LogP contribution in [0, 0.1) is 23.7 Å². The van der Waals surface area contributed by atoms with Crippen molar-refractivity contribution in [3.05, 3.63) is 11.8 Å². The van der Waals surface area contributed by atoms with Gasteiger partial charge in [-0.15, -0.1) is 0 Å². The van der Waals surface area contributed by atoms with Crippen LogP contribution in [0.3, 0.4) is 0 Å². The van der Waals surface area contributed by atoms with Gasteiger partial charge in [0.1, 0.15) is 0 Å². The van der Waals surface area contributed by atoms with Crippen LogP contribution >= 0.6 is 0 Å². The lowest BCUT2D eigenvalue weighted by Crippen LogP contribution is -2.50. The minimum Gasteiger partial charge on any atom is -0.381 e. The van der Waals surface area contributed by atoms with E-state index in [1.165, 1.54) is 38.8 Å². The Kier molecular flexibility index (Phi) is 5.13. The molecule has 22 heavy (non-hydrogen) atoms. The summed E-state index contributed by atoms with van der Waals surface area (Å²) in [4.78, 5) is 2.61. The topological polar surface area (TPSA) is 21.7 Å². The fourth-order valence-electron chi connectivity index (χ4n) is 5.10. The van der Waals surface area contributed by atoms with E-state index in [2.05, 4.69) is 24.8 Å². The standard InChI is InChI=1S/C19H33NO2/c1-13(2)16-12-18(21-3)17-11-14(20-9-5-6-10-20)7-8-15(17)19(16)22-4/h11,13,15-19H,5-10,12H2,1-4H3. The van der Waals surface area contributed by atoms with E-state index < -0.39 is 0 Å². The zero-order chi connectivity index (χ0) is 15.7.